The standard InChI is InChI=1S/C21H33N3O2.3ClH/c1-26-21(25)18-4-6-19(7-5-18)23-15-17-10-12-24(13-11-17)20-8-2-16(14-22)3-9-20;;;/h2-3,8-9,17-19,23H,4-7,10-15,22H2,1H3;3*1H. The van der Waals surface area contributed by atoms with Crippen molar-refractivity contribution in [2.24, 2.45) is 17.6 Å². The number of esters is 1. The van der Waals surface area contributed by atoms with Crippen LogP contribution in [0.4, 0.5) is 5.69 Å². The lowest BCUT2D eigenvalue weighted by Crippen LogP contribution is -2.41. The van der Waals surface area contributed by atoms with E-state index < -0.39 is 0 Å². The lowest BCUT2D eigenvalue weighted by atomic mass is 9.85. The first-order valence-corrected chi connectivity index (χ1v) is 10.0. The van der Waals surface area contributed by atoms with E-state index in [1.165, 1.54) is 31.2 Å². The van der Waals surface area contributed by atoms with E-state index in [-0.39, 0.29) is 49.1 Å². The Bertz CT molecular complexity index is 573. The van der Waals surface area contributed by atoms with Crippen molar-refractivity contribution < 1.29 is 9.53 Å². The van der Waals surface area contributed by atoms with Gasteiger partial charge in [-0.25, -0.2) is 0 Å². The SMILES string of the molecule is COC(=O)C1CCC(NCC2CCN(c3ccc(CN)cc3)CC2)CC1.Cl.Cl.Cl. The summed E-state index contributed by atoms with van der Waals surface area (Å²) in [5, 5.41) is 3.75. The van der Waals surface area contributed by atoms with Crippen LogP contribution in [0.15, 0.2) is 24.3 Å². The molecule has 0 spiro atoms. The minimum Gasteiger partial charge on any atom is -0.469 e. The Morgan fingerprint density at radius 3 is 2.14 bits per heavy atom. The Morgan fingerprint density at radius 1 is 1.03 bits per heavy atom. The van der Waals surface area contributed by atoms with Crippen LogP contribution in [0.25, 0.3) is 0 Å². The van der Waals surface area contributed by atoms with Gasteiger partial charge in [-0.2, -0.15) is 0 Å². The number of nitrogens with one attached hydrogen (secondary N) is 1. The van der Waals surface area contributed by atoms with E-state index in [1.807, 2.05) is 0 Å². The summed E-state index contributed by atoms with van der Waals surface area (Å²) in [4.78, 5) is 14.1. The molecule has 2 fully saturated rings. The zero-order valence-electron chi connectivity index (χ0n) is 17.2. The van der Waals surface area contributed by atoms with Crippen molar-refractivity contribution in [1.29, 1.82) is 0 Å². The van der Waals surface area contributed by atoms with Gasteiger partial charge >= 0.3 is 5.97 Å². The number of nitrogens with zero attached hydrogens (tertiary/aromatic N) is 1. The number of nitrogens with two attached hydrogens (primary N) is 1. The molecule has 2 aliphatic rings. The number of carbonyl (C=O) groups is 1. The van der Waals surface area contributed by atoms with Gasteiger partial charge in [-0.05, 0) is 68.7 Å². The van der Waals surface area contributed by atoms with Crippen molar-refractivity contribution in [2.45, 2.75) is 51.1 Å². The highest BCUT2D eigenvalue weighted by Crippen LogP contribution is 2.27. The molecular formula is C21H36Cl3N3O2. The first kappa shape index (κ1) is 28.3. The normalized spacial score (nSPS) is 21.9. The number of benzene rings is 1. The van der Waals surface area contributed by atoms with E-state index in [4.69, 9.17) is 10.5 Å². The van der Waals surface area contributed by atoms with Crippen LogP contribution in [-0.2, 0) is 16.1 Å². The Kier molecular flexibility index (Phi) is 14.0. The number of rotatable bonds is 6. The van der Waals surface area contributed by atoms with Gasteiger partial charge in [0, 0.05) is 31.4 Å². The van der Waals surface area contributed by atoms with Crippen molar-refractivity contribution in [3.63, 3.8) is 0 Å². The fraction of sp³-hybridized carbons (Fsp3) is 0.667. The van der Waals surface area contributed by atoms with Crippen molar-refractivity contribution in [2.75, 3.05) is 31.6 Å². The first-order chi connectivity index (χ1) is 12.7. The average molecular weight is 469 g/mol. The van der Waals surface area contributed by atoms with Crippen LogP contribution in [0.1, 0.15) is 44.1 Å². The van der Waals surface area contributed by atoms with Crippen molar-refractivity contribution in [3.8, 4) is 0 Å². The molecule has 1 saturated carbocycles. The molecule has 1 aliphatic carbocycles. The number of carbonyl (C=O) groups excluding carboxylic acids is 1. The number of hydrogen-bond donors (Lipinski definition) is 2. The lowest BCUT2D eigenvalue weighted by Gasteiger charge is -2.35. The van der Waals surface area contributed by atoms with Crippen molar-refractivity contribution >= 4 is 48.9 Å². The summed E-state index contributed by atoms with van der Waals surface area (Å²) in [6.07, 6.45) is 6.58. The van der Waals surface area contributed by atoms with E-state index in [9.17, 15) is 4.79 Å². The molecule has 8 heteroatoms. The van der Waals surface area contributed by atoms with Gasteiger partial charge in [-0.3, -0.25) is 4.79 Å². The molecular weight excluding hydrogens is 433 g/mol. The highest BCUT2D eigenvalue weighted by molar-refractivity contribution is 5.86. The summed E-state index contributed by atoms with van der Waals surface area (Å²) in [5.41, 5.74) is 8.18. The Morgan fingerprint density at radius 2 is 1.62 bits per heavy atom. The molecule has 0 aromatic heterocycles. The maximum absolute atomic E-state index is 11.6. The van der Waals surface area contributed by atoms with Gasteiger partial charge in [0.15, 0.2) is 0 Å². The van der Waals surface area contributed by atoms with Gasteiger partial charge in [0.05, 0.1) is 13.0 Å². The van der Waals surface area contributed by atoms with E-state index in [1.54, 1.807) is 0 Å². The molecule has 1 aromatic rings. The fourth-order valence-corrected chi connectivity index (χ4v) is 4.27. The van der Waals surface area contributed by atoms with Crippen molar-refractivity contribution in [1.82, 2.24) is 5.32 Å². The number of methoxy groups -OCH3 is 1. The van der Waals surface area contributed by atoms with Crippen LogP contribution < -0.4 is 16.0 Å². The molecule has 1 aliphatic heterocycles. The number of anilines is 1. The fourth-order valence-electron chi connectivity index (χ4n) is 4.27. The first-order valence-electron chi connectivity index (χ1n) is 10.0. The zero-order valence-corrected chi connectivity index (χ0v) is 19.6. The summed E-state index contributed by atoms with van der Waals surface area (Å²) in [6, 6.07) is 9.22. The van der Waals surface area contributed by atoms with Crippen LogP contribution in [0.3, 0.4) is 0 Å². The van der Waals surface area contributed by atoms with Gasteiger partial charge in [0.25, 0.3) is 0 Å². The van der Waals surface area contributed by atoms with Crippen LogP contribution in [0.5, 0.6) is 0 Å². The third-order valence-electron chi connectivity index (χ3n) is 6.11. The number of ether oxygens (including phenoxy) is 1. The molecule has 1 aromatic carbocycles. The molecule has 3 N–H and O–H groups in total. The smallest absolute Gasteiger partial charge is 0.308 e. The summed E-state index contributed by atoms with van der Waals surface area (Å²) in [5.74, 6) is 0.843. The molecule has 168 valence electrons. The molecule has 3 rings (SSSR count). The van der Waals surface area contributed by atoms with Crippen LogP contribution in [0, 0.1) is 11.8 Å². The van der Waals surface area contributed by atoms with E-state index in [0.717, 1.165) is 51.2 Å². The molecule has 5 nitrogen and oxygen atoms in total. The molecule has 0 amide bonds. The molecule has 0 unspecified atom stereocenters. The van der Waals surface area contributed by atoms with Crippen LogP contribution in [-0.4, -0.2) is 38.8 Å². The lowest BCUT2D eigenvalue weighted by molar-refractivity contribution is -0.146. The van der Waals surface area contributed by atoms with E-state index in [2.05, 4.69) is 34.5 Å². The van der Waals surface area contributed by atoms with E-state index >= 15 is 0 Å². The summed E-state index contributed by atoms with van der Waals surface area (Å²) in [7, 11) is 1.49. The number of piperidine rings is 1. The van der Waals surface area contributed by atoms with Gasteiger partial charge < -0.3 is 20.7 Å². The predicted octanol–water partition coefficient (Wildman–Crippen LogP) is 3.95. The minimum absolute atomic E-state index is 0. The maximum Gasteiger partial charge on any atom is 0.308 e. The highest BCUT2D eigenvalue weighted by Gasteiger charge is 2.27. The molecule has 29 heavy (non-hydrogen) atoms. The molecule has 1 heterocycles. The third kappa shape index (κ3) is 8.14. The summed E-state index contributed by atoms with van der Waals surface area (Å²) >= 11 is 0. The highest BCUT2D eigenvalue weighted by atomic mass is 35.5. The monoisotopic (exact) mass is 467 g/mol. The van der Waals surface area contributed by atoms with Gasteiger partial charge in [0.2, 0.25) is 0 Å². The van der Waals surface area contributed by atoms with E-state index in [0.29, 0.717) is 12.6 Å². The summed E-state index contributed by atoms with van der Waals surface area (Å²) < 4.78 is 4.87. The van der Waals surface area contributed by atoms with Gasteiger partial charge in [-0.15, -0.1) is 37.2 Å². The zero-order chi connectivity index (χ0) is 18.4. The molecule has 0 atom stereocenters. The Labute approximate surface area is 193 Å². The van der Waals surface area contributed by atoms with Gasteiger partial charge in [-0.1, -0.05) is 12.1 Å². The number of hydrogen-bond acceptors (Lipinski definition) is 5. The van der Waals surface area contributed by atoms with Crippen LogP contribution >= 0.6 is 37.2 Å². The minimum atomic E-state index is -0.0321. The molecule has 1 saturated heterocycles. The second-order valence-electron chi connectivity index (χ2n) is 7.78. The topological polar surface area (TPSA) is 67.6 Å². The number of halogens is 3. The third-order valence-corrected chi connectivity index (χ3v) is 6.11. The second kappa shape index (κ2) is 14.3. The second-order valence-corrected chi connectivity index (χ2v) is 7.78. The average Bonchev–Trinajstić information content (AvgIpc) is 2.72. The van der Waals surface area contributed by atoms with Gasteiger partial charge in [0.1, 0.15) is 0 Å². The van der Waals surface area contributed by atoms with Crippen molar-refractivity contribution in [3.05, 3.63) is 29.8 Å². The molecule has 0 bridgehead atoms. The Hall–Kier alpha value is -0.720. The molecule has 0 radical (unpaired) electrons. The summed E-state index contributed by atoms with van der Waals surface area (Å²) in [6.45, 7) is 3.97. The quantitative estimate of drug-likeness (QED) is 0.619. The maximum atomic E-state index is 11.6. The predicted molar refractivity (Wildman–Crippen MR) is 127 cm³/mol. The van der Waals surface area contributed by atoms with Crippen LogP contribution in [0.2, 0.25) is 0 Å². The largest absolute Gasteiger partial charge is 0.469 e. The Balaban J connectivity index is 0.00000261.